The molecule has 0 radical (unpaired) electrons. The minimum absolute atomic E-state index is 0.493. The van der Waals surface area contributed by atoms with E-state index in [9.17, 15) is 0 Å². The van der Waals surface area contributed by atoms with E-state index in [1.165, 1.54) is 0 Å². The summed E-state index contributed by atoms with van der Waals surface area (Å²) in [5, 5.41) is 0.493. The third kappa shape index (κ3) is 1.75. The third-order valence-corrected chi connectivity index (χ3v) is 1.30. The lowest BCUT2D eigenvalue weighted by Crippen LogP contribution is -1.81. The number of hydrogen-bond acceptors (Lipinski definition) is 1. The molecule has 0 aliphatic carbocycles. The van der Waals surface area contributed by atoms with Crippen LogP contribution in [0.5, 0.6) is 0 Å². The first-order valence-electron chi connectivity index (χ1n) is 2.87. The fourth-order valence-electron chi connectivity index (χ4n) is 0.670. The lowest BCUT2D eigenvalue weighted by Gasteiger charge is -1.92. The molecular formula is C8H6ClN. The highest BCUT2D eigenvalue weighted by molar-refractivity contribution is 6.29. The number of hydrogen-bond donors (Lipinski definition) is 0. The Morgan fingerprint density at radius 2 is 2.50 bits per heavy atom. The fourth-order valence-corrected chi connectivity index (χ4v) is 0.867. The first kappa shape index (κ1) is 7.11. The summed E-state index contributed by atoms with van der Waals surface area (Å²) in [5.41, 5.74) is 1.03. The Morgan fingerprint density at radius 3 is 3.10 bits per heavy atom. The van der Waals surface area contributed by atoms with Crippen LogP contribution in [0, 0.1) is 12.3 Å². The number of halogens is 1. The van der Waals surface area contributed by atoms with Crippen LogP contribution >= 0.6 is 11.6 Å². The van der Waals surface area contributed by atoms with E-state index in [1.807, 2.05) is 6.07 Å². The molecule has 1 nitrogen and oxygen atoms in total. The molecule has 50 valence electrons. The van der Waals surface area contributed by atoms with E-state index in [-0.39, 0.29) is 0 Å². The molecule has 1 aromatic heterocycles. The van der Waals surface area contributed by atoms with E-state index in [4.69, 9.17) is 18.0 Å². The maximum Gasteiger partial charge on any atom is 0.129 e. The maximum atomic E-state index is 5.60. The number of aromatic nitrogens is 1. The predicted molar refractivity (Wildman–Crippen MR) is 41.8 cm³/mol. The van der Waals surface area contributed by atoms with Gasteiger partial charge in [0.05, 0.1) is 0 Å². The Balaban J connectivity index is 2.87. The fraction of sp³-hybridized carbons (Fsp3) is 0.125. The zero-order chi connectivity index (χ0) is 7.40. The van der Waals surface area contributed by atoms with Gasteiger partial charge in [-0.25, -0.2) is 4.98 Å². The summed E-state index contributed by atoms with van der Waals surface area (Å²) in [4.78, 5) is 3.82. The van der Waals surface area contributed by atoms with E-state index >= 15 is 0 Å². The number of terminal acetylenes is 1. The van der Waals surface area contributed by atoms with Crippen LogP contribution in [0.3, 0.4) is 0 Å². The summed E-state index contributed by atoms with van der Waals surface area (Å²) in [6, 6.07) is 3.62. The number of nitrogens with zero attached hydrogens (tertiary/aromatic N) is 1. The number of rotatable bonds is 1. The van der Waals surface area contributed by atoms with E-state index in [0.717, 1.165) is 5.56 Å². The molecule has 0 amide bonds. The number of pyridine rings is 1. The standard InChI is InChI=1S/C8H6ClN/c1-2-3-7-4-5-10-8(9)6-7/h1,4-6H,3H2. The maximum absolute atomic E-state index is 5.60. The SMILES string of the molecule is C#CCc1ccnc(Cl)c1. The normalized spacial score (nSPS) is 8.80. The van der Waals surface area contributed by atoms with Crippen LogP contribution in [0.2, 0.25) is 5.15 Å². The first-order chi connectivity index (χ1) is 4.83. The lowest BCUT2D eigenvalue weighted by molar-refractivity contribution is 1.24. The summed E-state index contributed by atoms with van der Waals surface area (Å²) in [7, 11) is 0. The zero-order valence-corrected chi connectivity index (χ0v) is 6.10. The molecule has 0 saturated heterocycles. The van der Waals surface area contributed by atoms with Crippen molar-refractivity contribution in [3.63, 3.8) is 0 Å². The molecule has 2 heteroatoms. The summed E-state index contributed by atoms with van der Waals surface area (Å²) in [6.07, 6.45) is 7.36. The molecule has 0 atom stereocenters. The Hall–Kier alpha value is -1.00. The predicted octanol–water partition coefficient (Wildman–Crippen LogP) is 1.91. The molecule has 0 aliphatic rings. The van der Waals surface area contributed by atoms with Crippen molar-refractivity contribution in [2.75, 3.05) is 0 Å². The third-order valence-electron chi connectivity index (χ3n) is 1.10. The van der Waals surface area contributed by atoms with E-state index in [1.54, 1.807) is 12.3 Å². The van der Waals surface area contributed by atoms with Crippen molar-refractivity contribution in [3.8, 4) is 12.3 Å². The van der Waals surface area contributed by atoms with Gasteiger partial charge in [-0.3, -0.25) is 0 Å². The van der Waals surface area contributed by atoms with E-state index in [2.05, 4.69) is 10.9 Å². The second-order valence-electron chi connectivity index (χ2n) is 1.87. The van der Waals surface area contributed by atoms with Gasteiger partial charge in [-0.2, -0.15) is 0 Å². The van der Waals surface area contributed by atoms with Crippen molar-refractivity contribution in [2.24, 2.45) is 0 Å². The first-order valence-corrected chi connectivity index (χ1v) is 3.24. The van der Waals surface area contributed by atoms with E-state index < -0.39 is 0 Å². The molecule has 10 heavy (non-hydrogen) atoms. The van der Waals surface area contributed by atoms with Crippen LogP contribution in [0.1, 0.15) is 5.56 Å². The second-order valence-corrected chi connectivity index (χ2v) is 2.25. The molecule has 0 fully saturated rings. The monoisotopic (exact) mass is 151 g/mol. The van der Waals surface area contributed by atoms with Gasteiger partial charge in [0.1, 0.15) is 5.15 Å². The lowest BCUT2D eigenvalue weighted by atomic mass is 10.2. The highest BCUT2D eigenvalue weighted by atomic mass is 35.5. The topological polar surface area (TPSA) is 12.9 Å². The molecule has 0 bridgehead atoms. The van der Waals surface area contributed by atoms with Crippen molar-refractivity contribution in [1.29, 1.82) is 0 Å². The van der Waals surface area contributed by atoms with Crippen molar-refractivity contribution in [2.45, 2.75) is 6.42 Å². The van der Waals surface area contributed by atoms with Gasteiger partial charge in [-0.05, 0) is 17.7 Å². The molecule has 0 aliphatic heterocycles. The molecule has 0 saturated carbocycles. The summed E-state index contributed by atoms with van der Waals surface area (Å²) in [6.45, 7) is 0. The zero-order valence-electron chi connectivity index (χ0n) is 5.34. The summed E-state index contributed by atoms with van der Waals surface area (Å²) in [5.74, 6) is 2.52. The van der Waals surface area contributed by atoms with Gasteiger partial charge in [-0.15, -0.1) is 12.3 Å². The quantitative estimate of drug-likeness (QED) is 0.442. The highest BCUT2D eigenvalue weighted by Crippen LogP contribution is 2.06. The van der Waals surface area contributed by atoms with Crippen LogP contribution in [-0.4, -0.2) is 4.98 Å². The summed E-state index contributed by atoms with van der Waals surface area (Å²) >= 11 is 5.60. The average molecular weight is 152 g/mol. The van der Waals surface area contributed by atoms with Crippen LogP contribution in [-0.2, 0) is 6.42 Å². The van der Waals surface area contributed by atoms with Gasteiger partial charge < -0.3 is 0 Å². The van der Waals surface area contributed by atoms with Crippen molar-refractivity contribution < 1.29 is 0 Å². The van der Waals surface area contributed by atoms with Gasteiger partial charge in [0.25, 0.3) is 0 Å². The Labute approximate surface area is 65.0 Å². The van der Waals surface area contributed by atoms with Gasteiger partial charge in [0, 0.05) is 12.6 Å². The van der Waals surface area contributed by atoms with Crippen LogP contribution in [0.4, 0.5) is 0 Å². The Morgan fingerprint density at radius 1 is 1.70 bits per heavy atom. The van der Waals surface area contributed by atoms with Gasteiger partial charge in [-0.1, -0.05) is 11.6 Å². The molecule has 0 spiro atoms. The molecule has 1 rings (SSSR count). The molecular weight excluding hydrogens is 146 g/mol. The van der Waals surface area contributed by atoms with Crippen molar-refractivity contribution in [3.05, 3.63) is 29.0 Å². The smallest absolute Gasteiger partial charge is 0.129 e. The van der Waals surface area contributed by atoms with Crippen molar-refractivity contribution >= 4 is 11.6 Å². The van der Waals surface area contributed by atoms with Gasteiger partial charge >= 0.3 is 0 Å². The van der Waals surface area contributed by atoms with Gasteiger partial charge in [0.2, 0.25) is 0 Å². The Kier molecular flexibility index (Phi) is 2.30. The largest absolute Gasteiger partial charge is 0.245 e. The molecule has 0 unspecified atom stereocenters. The minimum Gasteiger partial charge on any atom is -0.245 e. The summed E-state index contributed by atoms with van der Waals surface area (Å²) < 4.78 is 0. The second kappa shape index (κ2) is 3.24. The molecule has 0 N–H and O–H groups in total. The minimum atomic E-state index is 0.493. The van der Waals surface area contributed by atoms with Crippen molar-refractivity contribution in [1.82, 2.24) is 4.98 Å². The van der Waals surface area contributed by atoms with Crippen LogP contribution in [0.25, 0.3) is 0 Å². The molecule has 1 heterocycles. The van der Waals surface area contributed by atoms with Crippen LogP contribution < -0.4 is 0 Å². The Bertz CT molecular complexity index is 262. The highest BCUT2D eigenvalue weighted by Gasteiger charge is 1.90. The molecule has 0 aromatic carbocycles. The average Bonchev–Trinajstić information content (AvgIpc) is 1.88. The molecule has 1 aromatic rings. The van der Waals surface area contributed by atoms with E-state index in [0.29, 0.717) is 11.6 Å². The van der Waals surface area contributed by atoms with Gasteiger partial charge in [0.15, 0.2) is 0 Å². The van der Waals surface area contributed by atoms with Crippen LogP contribution in [0.15, 0.2) is 18.3 Å².